The van der Waals surface area contributed by atoms with E-state index in [1.165, 1.54) is 6.42 Å². The van der Waals surface area contributed by atoms with Gasteiger partial charge in [0, 0.05) is 23.7 Å². The van der Waals surface area contributed by atoms with Gasteiger partial charge in [-0.3, -0.25) is 9.59 Å². The highest BCUT2D eigenvalue weighted by atomic mass is 16.2. The zero-order valence-electron chi connectivity index (χ0n) is 14.1. The lowest BCUT2D eigenvalue weighted by Gasteiger charge is -2.35. The summed E-state index contributed by atoms with van der Waals surface area (Å²) in [7, 11) is 0. The van der Waals surface area contributed by atoms with Crippen LogP contribution < -0.4 is 16.4 Å². The van der Waals surface area contributed by atoms with Crippen LogP contribution in [0.4, 0.5) is 11.4 Å². The molecule has 0 spiro atoms. The third kappa shape index (κ3) is 4.35. The summed E-state index contributed by atoms with van der Waals surface area (Å²) in [5, 5.41) is 5.87. The summed E-state index contributed by atoms with van der Waals surface area (Å²) in [6.45, 7) is 0.567. The first kappa shape index (κ1) is 17.0. The fourth-order valence-electron chi connectivity index (χ4n) is 3.57. The number of nitrogens with one attached hydrogen (secondary N) is 2. The van der Waals surface area contributed by atoms with E-state index in [1.54, 1.807) is 0 Å². The first-order chi connectivity index (χ1) is 11.6. The maximum atomic E-state index is 12.4. The number of rotatable bonds is 6. The topological polar surface area (TPSA) is 84.2 Å². The molecular weight excluding hydrogens is 302 g/mol. The molecule has 0 unspecified atom stereocenters. The van der Waals surface area contributed by atoms with Crippen molar-refractivity contribution >= 4 is 23.2 Å². The quantitative estimate of drug-likeness (QED) is 0.749. The van der Waals surface area contributed by atoms with Gasteiger partial charge in [0.1, 0.15) is 0 Å². The molecule has 5 nitrogen and oxygen atoms in total. The van der Waals surface area contributed by atoms with Gasteiger partial charge in [-0.1, -0.05) is 25.3 Å². The Hall–Kier alpha value is -1.88. The van der Waals surface area contributed by atoms with Crippen LogP contribution in [-0.4, -0.2) is 18.4 Å². The number of amides is 2. The summed E-state index contributed by atoms with van der Waals surface area (Å²) in [5.41, 5.74) is 7.38. The molecule has 0 radical (unpaired) electrons. The molecule has 0 bridgehead atoms. The minimum absolute atomic E-state index is 0.00743. The minimum atomic E-state index is -0.0415. The van der Waals surface area contributed by atoms with Gasteiger partial charge in [0.15, 0.2) is 0 Å². The van der Waals surface area contributed by atoms with Crippen LogP contribution in [0.1, 0.15) is 51.4 Å². The van der Waals surface area contributed by atoms with E-state index >= 15 is 0 Å². The van der Waals surface area contributed by atoms with E-state index in [-0.39, 0.29) is 23.1 Å². The maximum absolute atomic E-state index is 12.4. The van der Waals surface area contributed by atoms with Crippen molar-refractivity contribution in [3.63, 3.8) is 0 Å². The Labute approximate surface area is 143 Å². The van der Waals surface area contributed by atoms with Crippen LogP contribution in [0.2, 0.25) is 0 Å². The maximum Gasteiger partial charge on any atom is 0.227 e. The fourth-order valence-corrected chi connectivity index (χ4v) is 3.57. The predicted molar refractivity (Wildman–Crippen MR) is 95.6 cm³/mol. The molecule has 2 fully saturated rings. The second-order valence-corrected chi connectivity index (χ2v) is 7.33. The summed E-state index contributed by atoms with van der Waals surface area (Å²) >= 11 is 0. The Morgan fingerprint density at radius 3 is 2.38 bits per heavy atom. The molecule has 2 aliphatic rings. The average molecular weight is 329 g/mol. The molecule has 2 aliphatic carbocycles. The Morgan fingerprint density at radius 2 is 1.75 bits per heavy atom. The lowest BCUT2D eigenvalue weighted by atomic mass is 9.71. The second-order valence-electron chi connectivity index (χ2n) is 7.33. The molecule has 0 atom stereocenters. The Kier molecular flexibility index (Phi) is 5.19. The van der Waals surface area contributed by atoms with Crippen molar-refractivity contribution in [2.24, 2.45) is 17.1 Å². The molecule has 1 aromatic carbocycles. The smallest absolute Gasteiger partial charge is 0.227 e. The van der Waals surface area contributed by atoms with E-state index in [1.807, 2.05) is 24.3 Å². The van der Waals surface area contributed by atoms with Gasteiger partial charge in [-0.2, -0.15) is 0 Å². The van der Waals surface area contributed by atoms with Gasteiger partial charge in [-0.05, 0) is 55.8 Å². The lowest BCUT2D eigenvalue weighted by Crippen LogP contribution is -2.36. The third-order valence-corrected chi connectivity index (χ3v) is 5.24. The van der Waals surface area contributed by atoms with Crippen LogP contribution in [0.25, 0.3) is 0 Å². The number of benzene rings is 1. The van der Waals surface area contributed by atoms with Gasteiger partial charge in [-0.15, -0.1) is 0 Å². The summed E-state index contributed by atoms with van der Waals surface area (Å²) in [6.07, 6.45) is 8.06. The van der Waals surface area contributed by atoms with Gasteiger partial charge in [0.2, 0.25) is 11.8 Å². The Morgan fingerprint density at radius 1 is 1.08 bits per heavy atom. The molecule has 24 heavy (non-hydrogen) atoms. The number of carbonyl (C=O) groups excluding carboxylic acids is 2. The summed E-state index contributed by atoms with van der Waals surface area (Å²) in [5.74, 6) is 0.245. The Balaban J connectivity index is 1.58. The van der Waals surface area contributed by atoms with Crippen LogP contribution in [0.5, 0.6) is 0 Å². The van der Waals surface area contributed by atoms with E-state index < -0.39 is 0 Å². The zero-order chi connectivity index (χ0) is 17.0. The number of nitrogens with two attached hydrogens (primary N) is 1. The van der Waals surface area contributed by atoms with Crippen molar-refractivity contribution in [3.05, 3.63) is 24.3 Å². The molecule has 0 heterocycles. The van der Waals surface area contributed by atoms with Crippen LogP contribution >= 0.6 is 0 Å². The molecule has 2 saturated carbocycles. The van der Waals surface area contributed by atoms with Crippen LogP contribution in [0.3, 0.4) is 0 Å². The second kappa shape index (κ2) is 7.34. The molecule has 2 amide bonds. The number of carbonyl (C=O) groups is 2. The van der Waals surface area contributed by atoms with Crippen LogP contribution in [0.15, 0.2) is 24.3 Å². The number of hydrogen-bond donors (Lipinski definition) is 3. The van der Waals surface area contributed by atoms with Crippen molar-refractivity contribution in [3.8, 4) is 0 Å². The molecule has 5 heteroatoms. The molecule has 4 N–H and O–H groups in total. The van der Waals surface area contributed by atoms with Gasteiger partial charge in [0.25, 0.3) is 0 Å². The Bertz CT molecular complexity index is 604. The van der Waals surface area contributed by atoms with Crippen LogP contribution in [0, 0.1) is 11.3 Å². The predicted octanol–water partition coefficient (Wildman–Crippen LogP) is 3.27. The first-order valence-electron chi connectivity index (χ1n) is 9.01. The first-order valence-corrected chi connectivity index (χ1v) is 9.01. The van der Waals surface area contributed by atoms with Gasteiger partial charge in [0.05, 0.1) is 0 Å². The monoisotopic (exact) mass is 329 g/mol. The zero-order valence-corrected chi connectivity index (χ0v) is 14.1. The van der Waals surface area contributed by atoms with E-state index in [2.05, 4.69) is 10.6 Å². The summed E-state index contributed by atoms with van der Waals surface area (Å²) < 4.78 is 0. The fraction of sp³-hybridized carbons (Fsp3) is 0.579. The van der Waals surface area contributed by atoms with Crippen molar-refractivity contribution in [1.29, 1.82) is 0 Å². The van der Waals surface area contributed by atoms with Gasteiger partial charge < -0.3 is 16.4 Å². The molecule has 0 saturated heterocycles. The van der Waals surface area contributed by atoms with Crippen molar-refractivity contribution in [1.82, 2.24) is 0 Å². The van der Waals surface area contributed by atoms with E-state index in [4.69, 9.17) is 5.73 Å². The standard InChI is InChI=1S/C19H27N3O2/c20-13-19(9-2-1-3-10-19)12-17(23)21-15-5-4-6-16(11-15)22-18(24)14-7-8-14/h4-6,11,14H,1-3,7-10,12-13,20H2,(H,21,23)(H,22,24). The molecule has 3 rings (SSSR count). The highest BCUT2D eigenvalue weighted by molar-refractivity contribution is 5.96. The molecule has 130 valence electrons. The summed E-state index contributed by atoms with van der Waals surface area (Å²) in [6, 6.07) is 7.35. The highest BCUT2D eigenvalue weighted by Gasteiger charge is 2.33. The molecular formula is C19H27N3O2. The lowest BCUT2D eigenvalue weighted by molar-refractivity contribution is -0.119. The largest absolute Gasteiger partial charge is 0.330 e. The SMILES string of the molecule is NCC1(CC(=O)Nc2cccc(NC(=O)C3CC3)c2)CCCCC1. The average Bonchev–Trinajstić information content (AvgIpc) is 3.41. The molecule has 0 aromatic heterocycles. The van der Waals surface area contributed by atoms with Crippen molar-refractivity contribution in [2.45, 2.75) is 51.4 Å². The van der Waals surface area contributed by atoms with Crippen LogP contribution in [-0.2, 0) is 9.59 Å². The van der Waals surface area contributed by atoms with Gasteiger partial charge in [-0.25, -0.2) is 0 Å². The number of hydrogen-bond acceptors (Lipinski definition) is 3. The van der Waals surface area contributed by atoms with Crippen molar-refractivity contribution in [2.75, 3.05) is 17.2 Å². The third-order valence-electron chi connectivity index (χ3n) is 5.24. The van der Waals surface area contributed by atoms with Crippen molar-refractivity contribution < 1.29 is 9.59 Å². The molecule has 1 aromatic rings. The normalized spacial score (nSPS) is 19.5. The highest BCUT2D eigenvalue weighted by Crippen LogP contribution is 2.38. The van der Waals surface area contributed by atoms with Gasteiger partial charge >= 0.3 is 0 Å². The van der Waals surface area contributed by atoms with E-state index in [0.29, 0.717) is 13.0 Å². The summed E-state index contributed by atoms with van der Waals surface area (Å²) in [4.78, 5) is 24.3. The number of anilines is 2. The van der Waals surface area contributed by atoms with E-state index in [0.717, 1.165) is 49.9 Å². The minimum Gasteiger partial charge on any atom is -0.330 e. The molecule has 0 aliphatic heterocycles. The van der Waals surface area contributed by atoms with E-state index in [9.17, 15) is 9.59 Å².